The molecule has 0 amide bonds. The fourth-order valence-electron chi connectivity index (χ4n) is 2.46. The summed E-state index contributed by atoms with van der Waals surface area (Å²) in [6.45, 7) is 0. The summed E-state index contributed by atoms with van der Waals surface area (Å²) in [5.74, 6) is 0.264. The average Bonchev–Trinajstić information content (AvgIpc) is 2.52. The van der Waals surface area contributed by atoms with E-state index in [1.165, 1.54) is 26.4 Å². The lowest BCUT2D eigenvalue weighted by Crippen LogP contribution is -2.04. The van der Waals surface area contributed by atoms with Crippen LogP contribution in [0.3, 0.4) is 0 Å². The Morgan fingerprint density at radius 3 is 2.25 bits per heavy atom. The van der Waals surface area contributed by atoms with E-state index in [0.717, 1.165) is 0 Å². The third-order valence-electron chi connectivity index (χ3n) is 3.47. The highest BCUT2D eigenvalue weighted by molar-refractivity contribution is 6.35. The topological polar surface area (TPSA) is 68.9 Å². The number of ether oxygens (including phenoxy) is 2. The largest absolute Gasteiger partial charge is 0.504 e. The number of benzene rings is 2. The Morgan fingerprint density at radius 2 is 1.67 bits per heavy atom. The van der Waals surface area contributed by atoms with Gasteiger partial charge in [0.2, 0.25) is 5.75 Å². The summed E-state index contributed by atoms with van der Waals surface area (Å²) in [5, 5.41) is 11.0. The molecule has 2 aromatic carbocycles. The molecule has 124 valence electrons. The zero-order chi connectivity index (χ0) is 17.4. The zero-order valence-electron chi connectivity index (χ0n) is 12.7. The van der Waals surface area contributed by atoms with E-state index in [-0.39, 0.29) is 39.4 Å². The van der Waals surface area contributed by atoms with Crippen molar-refractivity contribution >= 4 is 34.2 Å². The van der Waals surface area contributed by atoms with Crippen LogP contribution in [0.1, 0.15) is 0 Å². The minimum absolute atomic E-state index is 0.0397. The zero-order valence-corrected chi connectivity index (χ0v) is 14.2. The second-order valence-electron chi connectivity index (χ2n) is 4.97. The van der Waals surface area contributed by atoms with Crippen molar-refractivity contribution in [3.8, 4) is 28.6 Å². The van der Waals surface area contributed by atoms with Gasteiger partial charge in [0.05, 0.1) is 14.2 Å². The third-order valence-corrected chi connectivity index (χ3v) is 3.91. The predicted octanol–water partition coefficient (Wildman–Crippen LogP) is 4.49. The molecule has 24 heavy (non-hydrogen) atoms. The van der Waals surface area contributed by atoms with E-state index in [9.17, 15) is 9.90 Å². The van der Waals surface area contributed by atoms with Gasteiger partial charge in [-0.3, -0.25) is 4.79 Å². The second kappa shape index (κ2) is 6.26. The first kappa shape index (κ1) is 16.5. The lowest BCUT2D eigenvalue weighted by Gasteiger charge is -2.12. The lowest BCUT2D eigenvalue weighted by atomic mass is 10.1. The van der Waals surface area contributed by atoms with Gasteiger partial charge in [-0.15, -0.1) is 0 Å². The van der Waals surface area contributed by atoms with E-state index >= 15 is 0 Å². The van der Waals surface area contributed by atoms with Crippen LogP contribution in [0, 0.1) is 0 Å². The Kier molecular flexibility index (Phi) is 4.30. The number of hydrogen-bond donors (Lipinski definition) is 1. The first-order valence-corrected chi connectivity index (χ1v) is 7.58. The van der Waals surface area contributed by atoms with Crippen LogP contribution in [0.15, 0.2) is 39.5 Å². The van der Waals surface area contributed by atoms with Gasteiger partial charge >= 0.3 is 0 Å². The molecule has 0 spiro atoms. The van der Waals surface area contributed by atoms with Crippen molar-refractivity contribution in [2.45, 2.75) is 0 Å². The van der Waals surface area contributed by atoms with Crippen molar-refractivity contribution in [1.29, 1.82) is 0 Å². The average molecular weight is 367 g/mol. The van der Waals surface area contributed by atoms with Crippen molar-refractivity contribution in [3.63, 3.8) is 0 Å². The number of aromatic hydroxyl groups is 1. The van der Waals surface area contributed by atoms with Gasteiger partial charge in [-0.25, -0.2) is 0 Å². The molecule has 0 unspecified atom stereocenters. The lowest BCUT2D eigenvalue weighted by molar-refractivity contribution is 0.364. The molecule has 0 fully saturated rings. The van der Waals surface area contributed by atoms with Gasteiger partial charge in [-0.05, 0) is 18.2 Å². The fraction of sp³-hybridized carbons (Fsp3) is 0.118. The molecule has 1 aromatic heterocycles. The summed E-state index contributed by atoms with van der Waals surface area (Å²) in [5.41, 5.74) is 0.251. The van der Waals surface area contributed by atoms with Crippen LogP contribution in [-0.4, -0.2) is 19.3 Å². The van der Waals surface area contributed by atoms with Crippen LogP contribution in [0.5, 0.6) is 17.2 Å². The molecule has 5 nitrogen and oxygen atoms in total. The van der Waals surface area contributed by atoms with Crippen molar-refractivity contribution in [2.75, 3.05) is 14.2 Å². The summed E-state index contributed by atoms with van der Waals surface area (Å²) in [6, 6.07) is 7.41. The highest BCUT2D eigenvalue weighted by Gasteiger charge is 2.19. The highest BCUT2D eigenvalue weighted by atomic mass is 35.5. The molecule has 0 atom stereocenters. The maximum absolute atomic E-state index is 12.6. The van der Waals surface area contributed by atoms with Gasteiger partial charge < -0.3 is 19.0 Å². The molecule has 0 aliphatic carbocycles. The molecule has 0 saturated heterocycles. The van der Waals surface area contributed by atoms with E-state index < -0.39 is 0 Å². The quantitative estimate of drug-likeness (QED) is 0.739. The van der Waals surface area contributed by atoms with Gasteiger partial charge in [-0.2, -0.15) is 0 Å². The Labute approximate surface area is 146 Å². The van der Waals surface area contributed by atoms with E-state index in [0.29, 0.717) is 15.6 Å². The molecule has 0 aliphatic rings. The van der Waals surface area contributed by atoms with Crippen LogP contribution in [0.4, 0.5) is 0 Å². The predicted molar refractivity (Wildman–Crippen MR) is 92.7 cm³/mol. The minimum Gasteiger partial charge on any atom is -0.504 e. The highest BCUT2D eigenvalue weighted by Crippen LogP contribution is 2.41. The summed E-state index contributed by atoms with van der Waals surface area (Å²) in [7, 11) is 2.76. The molecule has 0 radical (unpaired) electrons. The van der Waals surface area contributed by atoms with E-state index in [1.54, 1.807) is 18.2 Å². The van der Waals surface area contributed by atoms with Gasteiger partial charge in [0, 0.05) is 27.7 Å². The first-order valence-electron chi connectivity index (χ1n) is 6.83. The summed E-state index contributed by atoms with van der Waals surface area (Å²) in [4.78, 5) is 12.6. The van der Waals surface area contributed by atoms with E-state index in [1.807, 2.05) is 0 Å². The monoisotopic (exact) mass is 366 g/mol. The van der Waals surface area contributed by atoms with Crippen LogP contribution < -0.4 is 14.9 Å². The van der Waals surface area contributed by atoms with Crippen molar-refractivity contribution in [2.24, 2.45) is 0 Å². The fourth-order valence-corrected chi connectivity index (χ4v) is 2.99. The Morgan fingerprint density at radius 1 is 1.00 bits per heavy atom. The molecule has 0 saturated carbocycles. The van der Waals surface area contributed by atoms with Gasteiger partial charge in [0.15, 0.2) is 16.8 Å². The van der Waals surface area contributed by atoms with Crippen molar-refractivity contribution < 1.29 is 19.0 Å². The maximum Gasteiger partial charge on any atom is 0.204 e. The molecular weight excluding hydrogens is 355 g/mol. The molecule has 0 bridgehead atoms. The van der Waals surface area contributed by atoms with Crippen LogP contribution in [0.2, 0.25) is 10.0 Å². The molecule has 1 heterocycles. The summed E-state index contributed by atoms with van der Waals surface area (Å²) >= 11 is 12.0. The third kappa shape index (κ3) is 2.77. The number of hydrogen-bond acceptors (Lipinski definition) is 5. The summed E-state index contributed by atoms with van der Waals surface area (Å²) < 4.78 is 16.1. The molecule has 3 aromatic rings. The Hall–Kier alpha value is -2.37. The Balaban J connectivity index is 2.39. The number of methoxy groups -OCH3 is 2. The van der Waals surface area contributed by atoms with Crippen LogP contribution in [0.25, 0.3) is 22.3 Å². The van der Waals surface area contributed by atoms with E-state index in [2.05, 4.69) is 0 Å². The minimum atomic E-state index is -0.350. The van der Waals surface area contributed by atoms with Crippen molar-refractivity contribution in [3.05, 3.63) is 50.6 Å². The molecule has 0 aliphatic heterocycles. The molecular formula is C17H12Cl2O5. The molecule has 7 heteroatoms. The van der Waals surface area contributed by atoms with E-state index in [4.69, 9.17) is 37.1 Å². The Bertz CT molecular complexity index is 974. The number of fused-ring (bicyclic) bond motifs is 1. The molecule has 3 rings (SSSR count). The second-order valence-corrected chi connectivity index (χ2v) is 5.84. The first-order chi connectivity index (χ1) is 11.4. The van der Waals surface area contributed by atoms with Crippen molar-refractivity contribution in [1.82, 2.24) is 0 Å². The van der Waals surface area contributed by atoms with Gasteiger partial charge in [-0.1, -0.05) is 23.2 Å². The standard InChI is InChI=1S/C17H12Cl2O5/c1-22-14-7-12(21)16(23-2)17-15(14)11(20)6-13(24-17)8-3-9(18)5-10(19)4-8/h3-7,21H,1-2H3. The SMILES string of the molecule is COc1c(O)cc(OC)c2c(=O)cc(-c3cc(Cl)cc(Cl)c3)oc12. The summed E-state index contributed by atoms with van der Waals surface area (Å²) in [6.07, 6.45) is 0. The number of phenols is 1. The maximum atomic E-state index is 12.6. The smallest absolute Gasteiger partial charge is 0.204 e. The van der Waals surface area contributed by atoms with Gasteiger partial charge in [0.1, 0.15) is 16.9 Å². The molecule has 1 N–H and O–H groups in total. The number of rotatable bonds is 3. The number of halogens is 2. The normalized spacial score (nSPS) is 10.8. The van der Waals surface area contributed by atoms with Crippen LogP contribution >= 0.6 is 23.2 Å². The van der Waals surface area contributed by atoms with Crippen LogP contribution in [-0.2, 0) is 0 Å². The number of phenolic OH excluding ortho intramolecular Hbond substituents is 1. The van der Waals surface area contributed by atoms with Gasteiger partial charge in [0.25, 0.3) is 0 Å².